The fourth-order valence-electron chi connectivity index (χ4n) is 2.96. The van der Waals surface area contributed by atoms with Crippen molar-refractivity contribution < 1.29 is 9.47 Å². The molecule has 0 aliphatic carbocycles. The molecule has 0 bridgehead atoms. The molecule has 0 saturated carbocycles. The summed E-state index contributed by atoms with van der Waals surface area (Å²) in [5, 5.41) is 0. The molecule has 2 nitrogen and oxygen atoms in total. The predicted molar refractivity (Wildman–Crippen MR) is 117 cm³/mol. The van der Waals surface area contributed by atoms with Gasteiger partial charge in [0.1, 0.15) is 0 Å². The van der Waals surface area contributed by atoms with Crippen molar-refractivity contribution in [3.63, 3.8) is 0 Å². The molecule has 0 aliphatic rings. The van der Waals surface area contributed by atoms with Gasteiger partial charge in [-0.3, -0.25) is 0 Å². The summed E-state index contributed by atoms with van der Waals surface area (Å²) in [5.74, 6) is 2.05. The van der Waals surface area contributed by atoms with Crippen LogP contribution in [0.4, 0.5) is 0 Å². The van der Waals surface area contributed by atoms with Gasteiger partial charge < -0.3 is 0 Å². The van der Waals surface area contributed by atoms with Crippen molar-refractivity contribution in [1.82, 2.24) is 0 Å². The summed E-state index contributed by atoms with van der Waals surface area (Å²) in [6.45, 7) is 10.5. The topological polar surface area (TPSA) is 18.5 Å². The Kier molecular flexibility index (Phi) is 10.1. The van der Waals surface area contributed by atoms with Gasteiger partial charge in [0.2, 0.25) is 0 Å². The van der Waals surface area contributed by atoms with Crippen LogP contribution < -0.4 is 16.6 Å². The first-order chi connectivity index (χ1) is 13.2. The van der Waals surface area contributed by atoms with E-state index >= 15 is 0 Å². The fraction of sp³-hybridized carbons (Fsp3) is 0.500. The molecule has 0 unspecified atom stereocenters. The van der Waals surface area contributed by atoms with Crippen LogP contribution in [0, 0.1) is 0 Å². The van der Waals surface area contributed by atoms with Gasteiger partial charge in [0.15, 0.2) is 0 Å². The number of benzene rings is 2. The molecule has 0 aromatic heterocycles. The van der Waals surface area contributed by atoms with Crippen molar-refractivity contribution in [3.8, 4) is 11.5 Å². The first kappa shape index (κ1) is 22.1. The minimum atomic E-state index is -0.834. The standard InChI is InChI=1S/2C12H17O.Sn/c2*1-3-5-9-13-12-8-6-7-11(4-2)10-12;/h2*6,8,10H,3-5,9H2,1-2H3;. The minimum absolute atomic E-state index is 0.818. The van der Waals surface area contributed by atoms with Gasteiger partial charge in [-0.25, -0.2) is 0 Å². The molecule has 146 valence electrons. The van der Waals surface area contributed by atoms with Crippen LogP contribution in [0.2, 0.25) is 0 Å². The molecule has 0 N–H and O–H groups in total. The van der Waals surface area contributed by atoms with E-state index in [1.807, 2.05) is 0 Å². The number of aryl methyl sites for hydroxylation is 2. The second kappa shape index (κ2) is 12.3. The van der Waals surface area contributed by atoms with Crippen LogP contribution in [0.25, 0.3) is 0 Å². The summed E-state index contributed by atoms with van der Waals surface area (Å²) < 4.78 is 14.9. The summed E-state index contributed by atoms with van der Waals surface area (Å²) in [4.78, 5) is 0. The van der Waals surface area contributed by atoms with Gasteiger partial charge in [0, 0.05) is 0 Å². The second-order valence-electron chi connectivity index (χ2n) is 6.87. The molecule has 27 heavy (non-hydrogen) atoms. The fourth-order valence-corrected chi connectivity index (χ4v) is 7.08. The van der Waals surface area contributed by atoms with Gasteiger partial charge in [-0.1, -0.05) is 0 Å². The van der Waals surface area contributed by atoms with Crippen molar-refractivity contribution in [1.29, 1.82) is 0 Å². The quantitative estimate of drug-likeness (QED) is 0.325. The Morgan fingerprint density at radius 3 is 1.48 bits per heavy atom. The molecule has 2 aromatic carbocycles. The van der Waals surface area contributed by atoms with Gasteiger partial charge in [-0.05, 0) is 0 Å². The maximum atomic E-state index is 5.90. The van der Waals surface area contributed by atoms with E-state index < -0.39 is 21.1 Å². The first-order valence-corrected chi connectivity index (χ1v) is 13.4. The molecule has 0 heterocycles. The van der Waals surface area contributed by atoms with Crippen molar-refractivity contribution >= 4 is 28.3 Å². The maximum absolute atomic E-state index is 5.90. The predicted octanol–water partition coefficient (Wildman–Crippen LogP) is 4.82. The SMILES string of the molecule is CCCCOc1cc[c]([Sn][c]2ccc(OCCCC)cc2CC)c(CC)c1. The third-order valence-corrected chi connectivity index (χ3v) is 9.04. The van der Waals surface area contributed by atoms with E-state index in [0.717, 1.165) is 50.4 Å². The Morgan fingerprint density at radius 1 is 0.667 bits per heavy atom. The van der Waals surface area contributed by atoms with Gasteiger partial charge >= 0.3 is 176 Å². The Bertz CT molecular complexity index is 637. The molecule has 0 saturated heterocycles. The number of rotatable bonds is 12. The van der Waals surface area contributed by atoms with Gasteiger partial charge in [0.05, 0.1) is 0 Å². The molecule has 2 rings (SSSR count). The monoisotopic (exact) mass is 474 g/mol. The van der Waals surface area contributed by atoms with E-state index in [-0.39, 0.29) is 0 Å². The van der Waals surface area contributed by atoms with Crippen LogP contribution in [0.1, 0.15) is 64.5 Å². The zero-order valence-electron chi connectivity index (χ0n) is 17.4. The molecule has 3 heteroatoms. The van der Waals surface area contributed by atoms with E-state index in [1.54, 1.807) is 7.16 Å². The van der Waals surface area contributed by atoms with E-state index in [1.165, 1.54) is 24.0 Å². The van der Waals surface area contributed by atoms with Crippen LogP contribution >= 0.6 is 0 Å². The number of unbranched alkanes of at least 4 members (excludes halogenated alkanes) is 2. The molecule has 0 spiro atoms. The molecule has 0 amide bonds. The molecule has 2 radical (unpaired) electrons. The van der Waals surface area contributed by atoms with Gasteiger partial charge in [-0.2, -0.15) is 0 Å². The van der Waals surface area contributed by atoms with Crippen LogP contribution in [0.15, 0.2) is 36.4 Å². The van der Waals surface area contributed by atoms with Crippen LogP contribution in [0.3, 0.4) is 0 Å². The van der Waals surface area contributed by atoms with E-state index in [9.17, 15) is 0 Å². The third-order valence-electron chi connectivity index (χ3n) is 4.72. The summed E-state index contributed by atoms with van der Waals surface area (Å²) in [7, 11) is 0. The Labute approximate surface area is 175 Å². The third kappa shape index (κ3) is 7.06. The Hall–Kier alpha value is -1.16. The summed E-state index contributed by atoms with van der Waals surface area (Å²) in [5.41, 5.74) is 2.92. The average Bonchev–Trinajstić information content (AvgIpc) is 2.70. The molecule has 2 aromatic rings. The van der Waals surface area contributed by atoms with E-state index in [0.29, 0.717) is 0 Å². The van der Waals surface area contributed by atoms with Crippen molar-refractivity contribution in [2.45, 2.75) is 66.2 Å². The average molecular weight is 473 g/mol. The van der Waals surface area contributed by atoms with Crippen LogP contribution in [0.5, 0.6) is 11.5 Å². The Balaban J connectivity index is 2.12. The molecular formula is C24H34O2Sn. The zero-order chi connectivity index (χ0) is 19.5. The summed E-state index contributed by atoms with van der Waals surface area (Å²) in [6, 6.07) is 13.5. The van der Waals surface area contributed by atoms with Crippen LogP contribution in [-0.4, -0.2) is 34.4 Å². The van der Waals surface area contributed by atoms with Gasteiger partial charge in [0.25, 0.3) is 0 Å². The molecule has 0 fully saturated rings. The number of hydrogen-bond acceptors (Lipinski definition) is 2. The summed E-state index contributed by atoms with van der Waals surface area (Å²) in [6.07, 6.45) is 6.72. The Morgan fingerprint density at radius 2 is 1.11 bits per heavy atom. The molecule has 0 atom stereocenters. The normalized spacial score (nSPS) is 10.8. The molecular weight excluding hydrogens is 439 g/mol. The first-order valence-electron chi connectivity index (χ1n) is 10.5. The van der Waals surface area contributed by atoms with E-state index in [2.05, 4.69) is 64.1 Å². The van der Waals surface area contributed by atoms with Crippen molar-refractivity contribution in [2.75, 3.05) is 13.2 Å². The van der Waals surface area contributed by atoms with E-state index in [4.69, 9.17) is 9.47 Å². The van der Waals surface area contributed by atoms with Gasteiger partial charge in [-0.15, -0.1) is 0 Å². The van der Waals surface area contributed by atoms with Crippen LogP contribution in [-0.2, 0) is 12.8 Å². The second-order valence-corrected chi connectivity index (χ2v) is 10.7. The zero-order valence-corrected chi connectivity index (χ0v) is 20.3. The van der Waals surface area contributed by atoms with Crippen molar-refractivity contribution in [3.05, 3.63) is 47.5 Å². The summed E-state index contributed by atoms with van der Waals surface area (Å²) >= 11 is -0.834. The number of ether oxygens (including phenoxy) is 2. The van der Waals surface area contributed by atoms with Crippen molar-refractivity contribution in [2.24, 2.45) is 0 Å². The number of hydrogen-bond donors (Lipinski definition) is 0. The molecule has 0 aliphatic heterocycles.